The van der Waals surface area contributed by atoms with E-state index < -0.39 is 0 Å². The molecule has 0 heterocycles. The molecule has 142 valence electrons. The minimum Gasteiger partial charge on any atom is -0.468 e. The molecule has 2 rings (SSSR count). The van der Waals surface area contributed by atoms with Gasteiger partial charge in [-0.2, -0.15) is 0 Å². The number of ether oxygens (including phenoxy) is 1. The van der Waals surface area contributed by atoms with E-state index in [1.165, 1.54) is 31.1 Å². The number of rotatable bonds is 9. The molecular weight excluding hydrogens is 346 g/mol. The van der Waals surface area contributed by atoms with Crippen LogP contribution >= 0.6 is 11.9 Å². The van der Waals surface area contributed by atoms with Crippen molar-refractivity contribution >= 4 is 11.9 Å². The fourth-order valence-electron chi connectivity index (χ4n) is 2.22. The molecule has 0 spiro atoms. The second-order valence-corrected chi connectivity index (χ2v) is 6.10. The monoisotopic (exact) mass is 375 g/mol. The van der Waals surface area contributed by atoms with Gasteiger partial charge in [-0.3, -0.25) is 4.90 Å². The van der Waals surface area contributed by atoms with Crippen LogP contribution in [0.1, 0.15) is 37.8 Å². The Labute approximate surface area is 163 Å². The van der Waals surface area contributed by atoms with Gasteiger partial charge < -0.3 is 9.03 Å². The first-order valence-electron chi connectivity index (χ1n) is 9.06. The Morgan fingerprint density at radius 2 is 1.35 bits per heavy atom. The average molecular weight is 376 g/mol. The minimum atomic E-state index is 0.313. The third kappa shape index (κ3) is 9.50. The molecule has 0 fully saturated rings. The van der Waals surface area contributed by atoms with Gasteiger partial charge >= 0.3 is 0 Å². The van der Waals surface area contributed by atoms with Gasteiger partial charge in [0, 0.05) is 25.7 Å². The molecule has 0 amide bonds. The quantitative estimate of drug-likeness (QED) is 0.490. The van der Waals surface area contributed by atoms with Crippen molar-refractivity contribution in [3.8, 4) is 0 Å². The van der Waals surface area contributed by atoms with Gasteiger partial charge in [0.25, 0.3) is 5.95 Å². The van der Waals surface area contributed by atoms with Crippen molar-refractivity contribution in [2.45, 2.75) is 39.8 Å². The highest BCUT2D eigenvalue weighted by Crippen LogP contribution is 2.11. The van der Waals surface area contributed by atoms with Gasteiger partial charge in [-0.1, -0.05) is 87.4 Å². The zero-order valence-electron chi connectivity index (χ0n) is 16.0. The van der Waals surface area contributed by atoms with Crippen LogP contribution < -0.4 is 0 Å². The van der Waals surface area contributed by atoms with Gasteiger partial charge in [-0.25, -0.2) is 0 Å². The summed E-state index contributed by atoms with van der Waals surface area (Å²) in [6, 6.07) is 20.7. The highest BCUT2D eigenvalue weighted by molar-refractivity contribution is 6.07. The van der Waals surface area contributed by atoms with E-state index in [0.717, 1.165) is 13.1 Å². The molecule has 0 aliphatic heterocycles. The van der Waals surface area contributed by atoms with Crippen molar-refractivity contribution in [1.82, 2.24) is 4.90 Å². The Balaban J connectivity index is 0.000000765. The lowest BCUT2D eigenvalue weighted by atomic mass is 10.1. The van der Waals surface area contributed by atoms with E-state index in [1.807, 2.05) is 42.5 Å². The first-order valence-corrected chi connectivity index (χ1v) is 9.37. The average Bonchev–Trinajstić information content (AvgIpc) is 2.70. The third-order valence-corrected chi connectivity index (χ3v) is 3.94. The first-order chi connectivity index (χ1) is 12.7. The topological polar surface area (TPSA) is 21.7 Å². The summed E-state index contributed by atoms with van der Waals surface area (Å²) in [6.07, 6.45) is 4.47. The van der Waals surface area contributed by atoms with E-state index in [2.05, 4.69) is 47.3 Å². The standard InChI is InChI=1S/C18H20ClNO2.C4H10/c1-21-18(22-19)12-13-20(14-16-8-4-2-5-9-16)15-17-10-6-3-7-11-17;1-3-4-2/h2-12H,13-15H2,1H3;3-4H2,1-2H3/b18-12-;. The Kier molecular flexibility index (Phi) is 12.1. The Bertz CT molecular complexity index is 553. The largest absolute Gasteiger partial charge is 0.468 e. The van der Waals surface area contributed by atoms with Crippen LogP contribution in [0.5, 0.6) is 0 Å². The van der Waals surface area contributed by atoms with Gasteiger partial charge in [-0.05, 0) is 11.1 Å². The van der Waals surface area contributed by atoms with Crippen molar-refractivity contribution in [3.05, 3.63) is 83.8 Å². The molecule has 0 radical (unpaired) electrons. The summed E-state index contributed by atoms with van der Waals surface area (Å²) in [5.74, 6) is 0.313. The van der Waals surface area contributed by atoms with E-state index >= 15 is 0 Å². The number of methoxy groups -OCH3 is 1. The van der Waals surface area contributed by atoms with Gasteiger partial charge in [0.15, 0.2) is 0 Å². The van der Waals surface area contributed by atoms with Crippen molar-refractivity contribution < 1.29 is 9.03 Å². The molecule has 0 aliphatic rings. The maximum Gasteiger partial charge on any atom is 0.296 e. The molecule has 2 aromatic carbocycles. The fraction of sp³-hybridized carbons (Fsp3) is 0.364. The second-order valence-electron chi connectivity index (χ2n) is 5.95. The van der Waals surface area contributed by atoms with Crippen molar-refractivity contribution in [3.63, 3.8) is 0 Å². The lowest BCUT2D eigenvalue weighted by Gasteiger charge is -2.21. The van der Waals surface area contributed by atoms with Crippen LogP contribution in [0.2, 0.25) is 0 Å². The molecule has 4 heteroatoms. The van der Waals surface area contributed by atoms with Crippen LogP contribution in [0.3, 0.4) is 0 Å². The molecule has 0 aromatic heterocycles. The second kappa shape index (κ2) is 14.2. The predicted octanol–water partition coefficient (Wildman–Crippen LogP) is 6.15. The SMILES string of the molecule is CCCC.CO/C(=C/CN(Cc1ccccc1)Cc1ccccc1)OCl. The molecule has 3 nitrogen and oxygen atoms in total. The van der Waals surface area contributed by atoms with E-state index in [1.54, 1.807) is 0 Å². The maximum atomic E-state index is 5.36. The zero-order chi connectivity index (χ0) is 19.0. The third-order valence-electron chi connectivity index (χ3n) is 3.79. The number of hydrogen-bond donors (Lipinski definition) is 0. The highest BCUT2D eigenvalue weighted by Gasteiger charge is 2.07. The predicted molar refractivity (Wildman–Crippen MR) is 110 cm³/mol. The lowest BCUT2D eigenvalue weighted by molar-refractivity contribution is 0.155. The van der Waals surface area contributed by atoms with E-state index in [4.69, 9.17) is 16.6 Å². The van der Waals surface area contributed by atoms with Crippen LogP contribution in [-0.2, 0) is 22.1 Å². The fourth-order valence-corrected chi connectivity index (χ4v) is 2.34. The summed E-state index contributed by atoms with van der Waals surface area (Å²) >= 11 is 5.36. The van der Waals surface area contributed by atoms with E-state index in [-0.39, 0.29) is 0 Å². The van der Waals surface area contributed by atoms with Crippen LogP contribution in [0.25, 0.3) is 0 Å². The zero-order valence-corrected chi connectivity index (χ0v) is 16.8. The molecule has 0 bridgehead atoms. The summed E-state index contributed by atoms with van der Waals surface area (Å²) in [5, 5.41) is 0. The summed E-state index contributed by atoms with van der Waals surface area (Å²) in [7, 11) is 1.53. The molecular formula is C22H30ClNO2. The Morgan fingerprint density at radius 3 is 1.69 bits per heavy atom. The minimum absolute atomic E-state index is 0.313. The maximum absolute atomic E-state index is 5.36. The van der Waals surface area contributed by atoms with E-state index in [0.29, 0.717) is 12.5 Å². The normalized spacial score (nSPS) is 10.9. The first kappa shape index (κ1) is 22.1. The molecule has 0 saturated carbocycles. The summed E-state index contributed by atoms with van der Waals surface area (Å²) in [5.41, 5.74) is 2.52. The van der Waals surface area contributed by atoms with Crippen LogP contribution in [0, 0.1) is 0 Å². The van der Waals surface area contributed by atoms with Crippen LogP contribution in [0.15, 0.2) is 72.7 Å². The number of halogens is 1. The summed E-state index contributed by atoms with van der Waals surface area (Å²) in [6.45, 7) is 6.72. The number of nitrogens with zero attached hydrogens (tertiary/aromatic N) is 1. The summed E-state index contributed by atoms with van der Waals surface area (Å²) in [4.78, 5) is 2.29. The molecule has 0 unspecified atom stereocenters. The molecule has 0 saturated heterocycles. The molecule has 0 N–H and O–H groups in total. The Morgan fingerprint density at radius 1 is 0.885 bits per heavy atom. The highest BCUT2D eigenvalue weighted by atomic mass is 35.5. The number of unbranched alkanes of at least 4 members (excludes halogenated alkanes) is 1. The number of hydrogen-bond acceptors (Lipinski definition) is 3. The van der Waals surface area contributed by atoms with Crippen molar-refractivity contribution in [2.24, 2.45) is 0 Å². The smallest absolute Gasteiger partial charge is 0.296 e. The van der Waals surface area contributed by atoms with Gasteiger partial charge in [-0.15, -0.1) is 0 Å². The Hall–Kier alpha value is -1.97. The molecule has 2 aromatic rings. The van der Waals surface area contributed by atoms with Gasteiger partial charge in [0.05, 0.1) is 7.11 Å². The summed E-state index contributed by atoms with van der Waals surface area (Å²) < 4.78 is 9.67. The van der Waals surface area contributed by atoms with Crippen molar-refractivity contribution in [2.75, 3.05) is 13.7 Å². The van der Waals surface area contributed by atoms with Crippen LogP contribution in [-0.4, -0.2) is 18.6 Å². The van der Waals surface area contributed by atoms with Crippen LogP contribution in [0.4, 0.5) is 0 Å². The number of benzene rings is 2. The molecule has 26 heavy (non-hydrogen) atoms. The molecule has 0 atom stereocenters. The molecule has 0 aliphatic carbocycles. The van der Waals surface area contributed by atoms with Crippen molar-refractivity contribution in [1.29, 1.82) is 0 Å². The van der Waals surface area contributed by atoms with Gasteiger partial charge in [0.2, 0.25) is 0 Å². The van der Waals surface area contributed by atoms with Gasteiger partial charge in [0.1, 0.15) is 11.9 Å². The van der Waals surface area contributed by atoms with E-state index in [9.17, 15) is 0 Å². The lowest BCUT2D eigenvalue weighted by Crippen LogP contribution is -2.23.